The van der Waals surface area contributed by atoms with Gasteiger partial charge in [0.1, 0.15) is 5.82 Å². The van der Waals surface area contributed by atoms with Crippen molar-refractivity contribution in [2.75, 3.05) is 4.90 Å². The average Bonchev–Trinajstić information content (AvgIpc) is 3.40. The van der Waals surface area contributed by atoms with Crippen LogP contribution in [-0.4, -0.2) is 11.6 Å². The third kappa shape index (κ3) is 4.44. The molecule has 0 amide bonds. The van der Waals surface area contributed by atoms with Crippen LogP contribution in [0.5, 0.6) is 0 Å². The van der Waals surface area contributed by atoms with Crippen LogP contribution < -0.4 is 4.90 Å². The highest BCUT2D eigenvalue weighted by atomic mass is 35.5. The summed E-state index contributed by atoms with van der Waals surface area (Å²) >= 11 is 25.4. The molecule has 1 heterocycles. The Bertz CT molecular complexity index is 2000. The number of fused-ring (bicyclic) bond motifs is 5. The van der Waals surface area contributed by atoms with E-state index in [0.29, 0.717) is 0 Å². The largest absolute Gasteiger partial charge is 0.312 e. The zero-order valence-corrected chi connectivity index (χ0v) is 27.9. The number of halogens is 5. The van der Waals surface area contributed by atoms with Crippen LogP contribution in [0, 0.1) is 26.6 Å². The summed E-state index contributed by atoms with van der Waals surface area (Å²) in [6.07, 6.45) is 8.39. The van der Waals surface area contributed by atoms with Crippen molar-refractivity contribution >= 4 is 80.1 Å². The first-order valence-electron chi connectivity index (χ1n) is 14.9. The molecule has 0 aromatic heterocycles. The topological polar surface area (TPSA) is 37.4 Å². The third-order valence-electron chi connectivity index (χ3n) is 9.59. The Kier molecular flexibility index (Phi) is 7.44. The van der Waals surface area contributed by atoms with Gasteiger partial charge in [-0.05, 0) is 91.4 Å². The van der Waals surface area contributed by atoms with Crippen LogP contribution in [0.4, 0.5) is 15.8 Å². The number of hydrogen-bond donors (Lipinski definition) is 0. The Morgan fingerprint density at radius 1 is 0.756 bits per heavy atom. The van der Waals surface area contributed by atoms with Crippen molar-refractivity contribution in [2.45, 2.75) is 58.3 Å². The summed E-state index contributed by atoms with van der Waals surface area (Å²) in [4.78, 5) is 29.7. The van der Waals surface area contributed by atoms with Gasteiger partial charge in [-0.3, -0.25) is 9.59 Å². The van der Waals surface area contributed by atoms with E-state index in [1.807, 2.05) is 18.2 Å². The Labute approximate surface area is 281 Å². The van der Waals surface area contributed by atoms with Crippen molar-refractivity contribution in [2.24, 2.45) is 0 Å². The zero-order valence-electron chi connectivity index (χ0n) is 24.9. The van der Waals surface area contributed by atoms with Crippen molar-refractivity contribution in [3.63, 3.8) is 0 Å². The molecule has 3 nitrogen and oxygen atoms in total. The van der Waals surface area contributed by atoms with Crippen LogP contribution in [0.1, 0.15) is 75.1 Å². The smallest absolute Gasteiger partial charge is 0.199 e. The van der Waals surface area contributed by atoms with E-state index >= 15 is 0 Å². The average molecular weight is 679 g/mol. The fourth-order valence-corrected chi connectivity index (χ4v) is 8.88. The van der Waals surface area contributed by atoms with E-state index in [0.717, 1.165) is 82.2 Å². The van der Waals surface area contributed by atoms with E-state index in [1.165, 1.54) is 6.07 Å². The molecule has 1 saturated carbocycles. The maximum atomic E-state index is 14.4. The van der Waals surface area contributed by atoms with E-state index in [9.17, 15) is 14.0 Å². The molecule has 2 aliphatic carbocycles. The van der Waals surface area contributed by atoms with E-state index in [-0.39, 0.29) is 42.6 Å². The van der Waals surface area contributed by atoms with Gasteiger partial charge in [-0.1, -0.05) is 95.5 Å². The molecule has 1 aliphatic heterocycles. The molecule has 228 valence electrons. The maximum Gasteiger partial charge on any atom is 0.199 e. The Hall–Kier alpha value is -3.15. The monoisotopic (exact) mass is 677 g/mol. The van der Waals surface area contributed by atoms with Gasteiger partial charge < -0.3 is 4.90 Å². The number of aryl methyl sites for hydroxylation is 3. The molecule has 1 spiro atoms. The minimum absolute atomic E-state index is 0.0251. The third-order valence-corrected chi connectivity index (χ3v) is 11.4. The number of nitrogens with zero attached hydrogens (tertiary/aromatic N) is 1. The second kappa shape index (κ2) is 11.0. The summed E-state index contributed by atoms with van der Waals surface area (Å²) in [6.45, 7) is 6.29. The van der Waals surface area contributed by atoms with E-state index in [1.54, 1.807) is 12.1 Å². The number of carbonyl (C=O) groups excluding carboxylic acids is 2. The first-order valence-corrected chi connectivity index (χ1v) is 16.5. The van der Waals surface area contributed by atoms with Crippen LogP contribution >= 0.6 is 46.4 Å². The highest BCUT2D eigenvalue weighted by Crippen LogP contribution is 2.60. The number of allylic oxidation sites excluding steroid dienone is 4. The first kappa shape index (κ1) is 30.5. The first-order chi connectivity index (χ1) is 21.5. The second-order valence-corrected chi connectivity index (χ2v) is 13.9. The number of carbonyl (C=O) groups is 2. The molecule has 0 N–H and O–H groups in total. The summed E-state index contributed by atoms with van der Waals surface area (Å²) < 4.78 is 14.4. The molecule has 4 aromatic carbocycles. The Balaban J connectivity index is 1.52. The Morgan fingerprint density at radius 2 is 1.36 bits per heavy atom. The molecule has 0 saturated heterocycles. The highest BCUT2D eigenvalue weighted by molar-refractivity contribution is 6.57. The normalized spacial score (nSPS) is 18.0. The second-order valence-electron chi connectivity index (χ2n) is 12.3. The molecule has 8 heteroatoms. The lowest BCUT2D eigenvalue weighted by Gasteiger charge is -2.38. The van der Waals surface area contributed by atoms with Gasteiger partial charge in [0.2, 0.25) is 0 Å². The summed E-state index contributed by atoms with van der Waals surface area (Å²) in [5.74, 6) is -1.36. The summed E-state index contributed by atoms with van der Waals surface area (Å²) in [5.41, 5.74) is 7.04. The minimum atomic E-state index is -0.541. The molecule has 0 unspecified atom stereocenters. The lowest BCUT2D eigenvalue weighted by Crippen LogP contribution is -2.32. The molecular weight excluding hydrogens is 651 g/mol. The number of Topliss-reactive ketones (excluding diaryl/α,β-unsaturated/α-hetero) is 2. The van der Waals surface area contributed by atoms with Gasteiger partial charge in [0, 0.05) is 11.1 Å². The molecule has 45 heavy (non-hydrogen) atoms. The van der Waals surface area contributed by atoms with Crippen molar-refractivity contribution in [1.82, 2.24) is 0 Å². The van der Waals surface area contributed by atoms with Crippen molar-refractivity contribution in [3.05, 3.63) is 125 Å². The fourth-order valence-electron chi connectivity index (χ4n) is 7.86. The molecule has 0 atom stereocenters. The predicted octanol–water partition coefficient (Wildman–Crippen LogP) is 11.8. The van der Waals surface area contributed by atoms with E-state index in [4.69, 9.17) is 46.4 Å². The standard InChI is InChI=1S/C37H28Cl4FNO2/c1-18-15-19(2)34(20(3)16-18)43-25-11-7-21-17-22(42)8-9-23(21)29(25)37(13-5-4-6-14-37)26(43)12-10-24-35(44)27-28(36(24)45)31(39)33(41)32(40)30(27)38/h7-12,15-17H,4-6,13-14H2,1-3H3/b26-12+. The molecule has 4 aromatic rings. The summed E-state index contributed by atoms with van der Waals surface area (Å²) in [6, 6.07) is 13.4. The molecule has 0 radical (unpaired) electrons. The lowest BCUT2D eigenvalue weighted by molar-refractivity contribution is 0.0989. The predicted molar refractivity (Wildman–Crippen MR) is 183 cm³/mol. The minimum Gasteiger partial charge on any atom is -0.312 e. The molecular formula is C37H28Cl4FNO2. The zero-order chi connectivity index (χ0) is 31.9. The van der Waals surface area contributed by atoms with Gasteiger partial charge in [-0.2, -0.15) is 0 Å². The van der Waals surface area contributed by atoms with Gasteiger partial charge in [0.05, 0.1) is 48.2 Å². The molecule has 0 bridgehead atoms. The highest BCUT2D eigenvalue weighted by Gasteiger charge is 2.49. The summed E-state index contributed by atoms with van der Waals surface area (Å²) in [7, 11) is 0. The molecule has 3 aliphatic rings. The molecule has 7 rings (SSSR count). The number of anilines is 2. The van der Waals surface area contributed by atoms with Crippen molar-refractivity contribution < 1.29 is 14.0 Å². The van der Waals surface area contributed by atoms with Gasteiger partial charge in [0.15, 0.2) is 11.6 Å². The summed E-state index contributed by atoms with van der Waals surface area (Å²) in [5, 5.41) is 1.55. The fraction of sp³-hybridized carbons (Fsp3) is 0.243. The lowest BCUT2D eigenvalue weighted by atomic mass is 9.67. The van der Waals surface area contributed by atoms with E-state index in [2.05, 4.69) is 43.9 Å². The van der Waals surface area contributed by atoms with E-state index < -0.39 is 17.0 Å². The Morgan fingerprint density at radius 3 is 1.96 bits per heavy atom. The van der Waals surface area contributed by atoms with Gasteiger partial charge >= 0.3 is 0 Å². The van der Waals surface area contributed by atoms with Crippen LogP contribution in [0.15, 0.2) is 65.9 Å². The van der Waals surface area contributed by atoms with Gasteiger partial charge in [-0.25, -0.2) is 4.39 Å². The number of rotatable bonds is 2. The van der Waals surface area contributed by atoms with Crippen LogP contribution in [0.2, 0.25) is 20.1 Å². The van der Waals surface area contributed by atoms with Gasteiger partial charge in [-0.15, -0.1) is 0 Å². The maximum absolute atomic E-state index is 14.4. The number of hydrogen-bond acceptors (Lipinski definition) is 3. The number of ketones is 2. The molecule has 1 fully saturated rings. The van der Waals surface area contributed by atoms with Crippen LogP contribution in [0.25, 0.3) is 10.8 Å². The van der Waals surface area contributed by atoms with Crippen LogP contribution in [0.3, 0.4) is 0 Å². The van der Waals surface area contributed by atoms with Gasteiger partial charge in [0.25, 0.3) is 0 Å². The van der Waals surface area contributed by atoms with Crippen molar-refractivity contribution in [3.8, 4) is 0 Å². The number of benzene rings is 4. The quantitative estimate of drug-likeness (QED) is 0.0916. The SMILES string of the molecule is Cc1cc(C)c(N2/C(=C/C=C3C(=O)c4c(Cl)c(Cl)c(Cl)c(Cl)c4C3=O)C3(CCCCC3)c3c2ccc2cc(F)ccc32)c(C)c1. The van der Waals surface area contributed by atoms with Crippen LogP contribution in [-0.2, 0) is 5.41 Å². The van der Waals surface area contributed by atoms with Crippen molar-refractivity contribution in [1.29, 1.82) is 0 Å².